The van der Waals surface area contributed by atoms with E-state index in [1.165, 1.54) is 18.5 Å². The molecule has 3 fully saturated rings. The highest BCUT2D eigenvalue weighted by Crippen LogP contribution is 2.28. The Morgan fingerprint density at radius 2 is 1.98 bits per heavy atom. The highest BCUT2D eigenvalue weighted by atomic mass is 35.5. The van der Waals surface area contributed by atoms with E-state index in [4.69, 9.17) is 25.8 Å². The van der Waals surface area contributed by atoms with E-state index in [9.17, 15) is 9.18 Å². The Kier molecular flexibility index (Phi) is 8.56. The Labute approximate surface area is 242 Å². The lowest BCUT2D eigenvalue weighted by Crippen LogP contribution is -2.36. The number of fused-ring (bicyclic) bond motifs is 2. The topological polar surface area (TPSA) is 85.8 Å². The van der Waals surface area contributed by atoms with E-state index >= 15 is 0 Å². The van der Waals surface area contributed by atoms with Crippen molar-refractivity contribution in [3.05, 3.63) is 70.8 Å². The molecule has 41 heavy (non-hydrogen) atoms. The van der Waals surface area contributed by atoms with Crippen LogP contribution in [-0.2, 0) is 25.4 Å². The third-order valence-corrected chi connectivity index (χ3v) is 7.54. The third kappa shape index (κ3) is 7.10. The molecule has 0 radical (unpaired) electrons. The first-order valence-corrected chi connectivity index (χ1v) is 14.1. The van der Waals surface area contributed by atoms with Crippen LogP contribution in [0.5, 0.6) is 0 Å². The monoisotopic (exact) mass is 576 g/mol. The lowest BCUT2D eigenvalue weighted by atomic mass is 9.99. The Hall–Kier alpha value is -3.39. The molecule has 3 heterocycles. The van der Waals surface area contributed by atoms with Crippen molar-refractivity contribution in [2.24, 2.45) is 0 Å². The summed E-state index contributed by atoms with van der Waals surface area (Å²) < 4.78 is 30.9. The van der Waals surface area contributed by atoms with Gasteiger partial charge in [0.2, 0.25) is 0 Å². The minimum absolute atomic E-state index is 0.00478. The van der Waals surface area contributed by atoms with Gasteiger partial charge in [-0.25, -0.2) is 14.4 Å². The van der Waals surface area contributed by atoms with Crippen molar-refractivity contribution < 1.29 is 23.4 Å². The van der Waals surface area contributed by atoms with Crippen LogP contribution < -0.4 is 5.32 Å². The molecule has 0 spiro atoms. The number of anilines is 2. The molecule has 1 aromatic heterocycles. The first-order valence-electron chi connectivity index (χ1n) is 13.8. The van der Waals surface area contributed by atoms with Gasteiger partial charge in [-0.2, -0.15) is 0 Å². The number of halogens is 2. The molecule has 2 aromatic carbocycles. The highest BCUT2D eigenvalue weighted by molar-refractivity contribution is 6.31. The summed E-state index contributed by atoms with van der Waals surface area (Å²) in [6.07, 6.45) is 7.80. The number of aromatic nitrogens is 2. The van der Waals surface area contributed by atoms with Crippen molar-refractivity contribution in [2.75, 3.05) is 44.8 Å². The average molecular weight is 577 g/mol. The van der Waals surface area contributed by atoms with E-state index in [-0.39, 0.29) is 29.4 Å². The normalized spacial score (nSPS) is 20.6. The number of carbonyl (C=O) groups is 1. The van der Waals surface area contributed by atoms with Gasteiger partial charge in [0, 0.05) is 42.7 Å². The molecule has 0 bridgehead atoms. The van der Waals surface area contributed by atoms with Crippen LogP contribution in [0.1, 0.15) is 24.0 Å². The van der Waals surface area contributed by atoms with E-state index in [2.05, 4.69) is 32.0 Å². The molecule has 1 saturated carbocycles. The fourth-order valence-electron chi connectivity index (χ4n) is 5.01. The van der Waals surface area contributed by atoms with E-state index in [0.29, 0.717) is 60.4 Å². The van der Waals surface area contributed by atoms with E-state index in [1.54, 1.807) is 12.1 Å². The van der Waals surface area contributed by atoms with Gasteiger partial charge in [-0.05, 0) is 54.8 Å². The predicted octanol–water partition coefficient (Wildman–Crippen LogP) is 4.46. The van der Waals surface area contributed by atoms with Gasteiger partial charge >= 0.3 is 0 Å². The Bertz CT molecular complexity index is 1520. The third-order valence-electron chi connectivity index (χ3n) is 7.25. The number of hydrogen-bond acceptors (Lipinski definition) is 8. The summed E-state index contributed by atoms with van der Waals surface area (Å²) in [6, 6.07) is 8.12. The molecule has 0 amide bonds. The van der Waals surface area contributed by atoms with Crippen molar-refractivity contribution >= 4 is 39.8 Å². The molecule has 3 aliphatic rings. The Balaban J connectivity index is 1.21. The van der Waals surface area contributed by atoms with Gasteiger partial charge in [-0.3, -0.25) is 9.69 Å². The second-order valence-corrected chi connectivity index (χ2v) is 10.8. The standard InChI is InChI=1S/C31H30ClFN4O4/c32-26-16-22(5-8-27(26)33)36-31-25-14-21(20(15-28(25)34-19-35-31)3-2-10-39-24-6-7-24)13-23(38)4-1-9-37-17-29-30(18-37)41-12-11-40-29/h1,4-5,8,14-16,19,24,29-30H,6-7,9-13,17-18H2,(H,34,35,36)/b4-1+. The summed E-state index contributed by atoms with van der Waals surface area (Å²) >= 11 is 5.97. The van der Waals surface area contributed by atoms with E-state index in [1.807, 2.05) is 18.2 Å². The molecule has 2 aliphatic heterocycles. The largest absolute Gasteiger partial charge is 0.372 e. The lowest BCUT2D eigenvalue weighted by molar-refractivity contribution is -0.116. The van der Waals surface area contributed by atoms with E-state index in [0.717, 1.165) is 31.5 Å². The number of carbonyl (C=O) groups excluding carboxylic acids is 1. The molecule has 3 aromatic rings. The SMILES string of the molecule is O=C(/C=C/CN1CC2OCCOC2C1)Cc1cc2c(Nc3ccc(F)c(Cl)c3)ncnc2cc1C#CCOC1CC1. The molecule has 1 N–H and O–H groups in total. The number of benzene rings is 2. The molecule has 8 nitrogen and oxygen atoms in total. The molecular weight excluding hydrogens is 547 g/mol. The molecule has 2 atom stereocenters. The van der Waals surface area contributed by atoms with Gasteiger partial charge in [0.1, 0.15) is 24.6 Å². The van der Waals surface area contributed by atoms with Gasteiger partial charge in [-0.1, -0.05) is 29.5 Å². The molecule has 2 unspecified atom stereocenters. The highest BCUT2D eigenvalue weighted by Gasteiger charge is 2.35. The lowest BCUT2D eigenvalue weighted by Gasteiger charge is -2.24. The predicted molar refractivity (Wildman–Crippen MR) is 154 cm³/mol. The molecule has 6 rings (SSSR count). The average Bonchev–Trinajstić information content (AvgIpc) is 3.70. The summed E-state index contributed by atoms with van der Waals surface area (Å²) in [5.41, 5.74) is 2.71. The smallest absolute Gasteiger partial charge is 0.159 e. The van der Waals surface area contributed by atoms with Crippen molar-refractivity contribution in [2.45, 2.75) is 37.6 Å². The van der Waals surface area contributed by atoms with Crippen LogP contribution in [0.3, 0.4) is 0 Å². The fraction of sp³-hybridized carbons (Fsp3) is 0.387. The second kappa shape index (κ2) is 12.6. The van der Waals surface area contributed by atoms with Crippen LogP contribution in [0.4, 0.5) is 15.9 Å². The summed E-state index contributed by atoms with van der Waals surface area (Å²) in [5.74, 6) is 6.23. The first-order chi connectivity index (χ1) is 20.0. The van der Waals surface area contributed by atoms with Crippen LogP contribution in [0.25, 0.3) is 10.9 Å². The summed E-state index contributed by atoms with van der Waals surface area (Å²) in [4.78, 5) is 24.1. The number of allylic oxidation sites excluding steroid dienone is 1. The summed E-state index contributed by atoms with van der Waals surface area (Å²) in [5, 5.41) is 3.90. The van der Waals surface area contributed by atoms with Gasteiger partial charge in [0.15, 0.2) is 5.78 Å². The van der Waals surface area contributed by atoms with E-state index < -0.39 is 5.82 Å². The van der Waals surface area contributed by atoms with Gasteiger partial charge in [0.05, 0.1) is 42.1 Å². The van der Waals surface area contributed by atoms with Crippen LogP contribution in [0.2, 0.25) is 5.02 Å². The van der Waals surface area contributed by atoms with Gasteiger partial charge < -0.3 is 19.5 Å². The minimum Gasteiger partial charge on any atom is -0.372 e. The van der Waals surface area contributed by atoms with Crippen molar-refractivity contribution in [3.8, 4) is 11.8 Å². The molecule has 1 aliphatic carbocycles. The fourth-order valence-corrected chi connectivity index (χ4v) is 5.19. The zero-order valence-corrected chi connectivity index (χ0v) is 23.2. The molecule has 212 valence electrons. The van der Waals surface area contributed by atoms with Crippen molar-refractivity contribution in [3.63, 3.8) is 0 Å². The van der Waals surface area contributed by atoms with Crippen LogP contribution >= 0.6 is 11.6 Å². The van der Waals surface area contributed by atoms with Crippen molar-refractivity contribution in [1.29, 1.82) is 0 Å². The number of ketones is 1. The van der Waals surface area contributed by atoms with Gasteiger partial charge in [-0.15, -0.1) is 0 Å². The maximum absolute atomic E-state index is 13.7. The minimum atomic E-state index is -0.503. The number of rotatable bonds is 9. The number of nitrogens with zero attached hydrogens (tertiary/aromatic N) is 3. The zero-order valence-electron chi connectivity index (χ0n) is 22.4. The number of hydrogen-bond donors (Lipinski definition) is 1. The number of likely N-dealkylation sites (tertiary alicyclic amines) is 1. The number of ether oxygens (including phenoxy) is 3. The molecule has 2 saturated heterocycles. The quantitative estimate of drug-likeness (QED) is 0.295. The summed E-state index contributed by atoms with van der Waals surface area (Å²) in [6.45, 7) is 3.84. The van der Waals surface area contributed by atoms with Crippen LogP contribution in [0, 0.1) is 17.7 Å². The van der Waals surface area contributed by atoms with Crippen LogP contribution in [0.15, 0.2) is 48.8 Å². The number of nitrogens with one attached hydrogen (secondary N) is 1. The maximum Gasteiger partial charge on any atom is 0.159 e. The van der Waals surface area contributed by atoms with Gasteiger partial charge in [0.25, 0.3) is 0 Å². The molecular formula is C31H30ClFN4O4. The Morgan fingerprint density at radius 1 is 1.17 bits per heavy atom. The summed E-state index contributed by atoms with van der Waals surface area (Å²) in [7, 11) is 0. The second-order valence-electron chi connectivity index (χ2n) is 10.4. The van der Waals surface area contributed by atoms with Crippen molar-refractivity contribution in [1.82, 2.24) is 14.9 Å². The first kappa shape index (κ1) is 27.8. The maximum atomic E-state index is 13.7. The van der Waals surface area contributed by atoms with Crippen LogP contribution in [-0.4, -0.2) is 78.4 Å². The Morgan fingerprint density at radius 3 is 2.73 bits per heavy atom. The zero-order chi connectivity index (χ0) is 28.2. The molecule has 10 heteroatoms.